The lowest BCUT2D eigenvalue weighted by Gasteiger charge is -2.40. The average molecular weight is 261 g/mol. The van der Waals surface area contributed by atoms with Gasteiger partial charge in [0.1, 0.15) is 9.84 Å². The second-order valence-electron chi connectivity index (χ2n) is 4.88. The van der Waals surface area contributed by atoms with Gasteiger partial charge in [0.05, 0.1) is 17.0 Å². The Morgan fingerprint density at radius 3 is 2.47 bits per heavy atom. The molecular formula is C10H19N3O3S. The molecule has 7 heteroatoms. The summed E-state index contributed by atoms with van der Waals surface area (Å²) in [4.78, 5) is 11.9. The molecule has 2 aliphatic heterocycles. The zero-order chi connectivity index (χ0) is 12.7. The van der Waals surface area contributed by atoms with Gasteiger partial charge in [0.15, 0.2) is 0 Å². The third-order valence-electron chi connectivity index (χ3n) is 3.91. The summed E-state index contributed by atoms with van der Waals surface area (Å²) in [7, 11) is -1.04. The molecule has 2 heterocycles. The highest BCUT2D eigenvalue weighted by Crippen LogP contribution is 2.38. The van der Waals surface area contributed by atoms with Crippen molar-refractivity contribution in [2.75, 3.05) is 31.6 Å². The zero-order valence-corrected chi connectivity index (χ0v) is 10.9. The van der Waals surface area contributed by atoms with Crippen LogP contribution in [0.3, 0.4) is 0 Å². The summed E-state index contributed by atoms with van der Waals surface area (Å²) in [6.07, 6.45) is 1.50. The minimum Gasteiger partial charge on any atom is -0.329 e. The van der Waals surface area contributed by atoms with Crippen molar-refractivity contribution >= 4 is 15.7 Å². The molecule has 0 radical (unpaired) electrons. The van der Waals surface area contributed by atoms with Gasteiger partial charge in [-0.05, 0) is 12.8 Å². The first-order chi connectivity index (χ1) is 7.90. The van der Waals surface area contributed by atoms with E-state index in [1.807, 2.05) is 12.1 Å². The smallest absolute Gasteiger partial charge is 0.238 e. The van der Waals surface area contributed by atoms with Crippen LogP contribution >= 0.6 is 0 Å². The van der Waals surface area contributed by atoms with Crippen LogP contribution in [0.5, 0.6) is 0 Å². The first kappa shape index (κ1) is 12.8. The van der Waals surface area contributed by atoms with Crippen molar-refractivity contribution in [2.45, 2.75) is 24.8 Å². The number of nitrogens with zero attached hydrogens (tertiary/aromatic N) is 2. The summed E-state index contributed by atoms with van der Waals surface area (Å²) in [5.74, 6) is 0.416. The van der Waals surface area contributed by atoms with Gasteiger partial charge in [-0.2, -0.15) is 0 Å². The van der Waals surface area contributed by atoms with Crippen LogP contribution in [0.4, 0.5) is 0 Å². The van der Waals surface area contributed by atoms with E-state index in [2.05, 4.69) is 0 Å². The number of hydrazine groups is 1. The van der Waals surface area contributed by atoms with E-state index in [1.54, 1.807) is 5.01 Å². The molecule has 0 aliphatic carbocycles. The molecule has 17 heavy (non-hydrogen) atoms. The summed E-state index contributed by atoms with van der Waals surface area (Å²) in [5.41, 5.74) is 5.18. The number of rotatable bonds is 2. The summed E-state index contributed by atoms with van der Waals surface area (Å²) in [6, 6.07) is 0. The number of hydrogen-bond donors (Lipinski definition) is 1. The van der Waals surface area contributed by atoms with Gasteiger partial charge in [0.25, 0.3) is 0 Å². The Morgan fingerprint density at radius 2 is 1.94 bits per heavy atom. The van der Waals surface area contributed by atoms with Gasteiger partial charge >= 0.3 is 0 Å². The van der Waals surface area contributed by atoms with Crippen molar-refractivity contribution in [3.05, 3.63) is 0 Å². The van der Waals surface area contributed by atoms with Gasteiger partial charge in [-0.1, -0.05) is 0 Å². The van der Waals surface area contributed by atoms with E-state index in [0.29, 0.717) is 32.4 Å². The highest BCUT2D eigenvalue weighted by molar-refractivity contribution is 7.91. The monoisotopic (exact) mass is 261 g/mol. The highest BCUT2D eigenvalue weighted by atomic mass is 32.2. The van der Waals surface area contributed by atoms with Crippen LogP contribution in [-0.4, -0.2) is 61.5 Å². The van der Waals surface area contributed by atoms with E-state index in [4.69, 9.17) is 5.73 Å². The van der Waals surface area contributed by atoms with Crippen LogP contribution in [0.15, 0.2) is 0 Å². The van der Waals surface area contributed by atoms with Crippen LogP contribution in [0, 0.1) is 0 Å². The number of amides is 1. The molecule has 2 rings (SSSR count). The fraction of sp³-hybridized carbons (Fsp3) is 0.900. The maximum Gasteiger partial charge on any atom is 0.238 e. The van der Waals surface area contributed by atoms with Crippen LogP contribution < -0.4 is 5.73 Å². The third kappa shape index (κ3) is 2.19. The molecule has 2 fully saturated rings. The zero-order valence-electron chi connectivity index (χ0n) is 10.1. The second kappa shape index (κ2) is 4.22. The summed E-state index contributed by atoms with van der Waals surface area (Å²) in [6.45, 7) is 0.925. The number of carbonyl (C=O) groups is 1. The van der Waals surface area contributed by atoms with E-state index >= 15 is 0 Å². The van der Waals surface area contributed by atoms with Gasteiger partial charge in [-0.25, -0.2) is 13.4 Å². The predicted octanol–water partition coefficient (Wildman–Crippen LogP) is -1.03. The Kier molecular flexibility index (Phi) is 3.17. The topological polar surface area (TPSA) is 83.7 Å². The lowest BCUT2D eigenvalue weighted by atomic mass is 9.89. The number of sulfone groups is 1. The Hall–Kier alpha value is -0.660. The standard InChI is InChI=1S/C10H19N3O3S/c1-12-10(2-6-17(15,16)7-3-10)8-9(14)13(12)5-4-11/h2-8,11H2,1H3. The van der Waals surface area contributed by atoms with E-state index in [1.165, 1.54) is 0 Å². The van der Waals surface area contributed by atoms with Gasteiger partial charge in [-0.15, -0.1) is 0 Å². The Balaban J connectivity index is 2.16. The van der Waals surface area contributed by atoms with E-state index in [0.717, 1.165) is 0 Å². The molecule has 0 aromatic heterocycles. The van der Waals surface area contributed by atoms with Crippen LogP contribution in [-0.2, 0) is 14.6 Å². The van der Waals surface area contributed by atoms with Crippen LogP contribution in [0.25, 0.3) is 0 Å². The molecule has 2 aliphatic rings. The first-order valence-corrected chi connectivity index (χ1v) is 7.67. The Labute approximate surface area is 102 Å². The van der Waals surface area contributed by atoms with E-state index in [-0.39, 0.29) is 23.0 Å². The average Bonchev–Trinajstić information content (AvgIpc) is 2.49. The number of hydrogen-bond acceptors (Lipinski definition) is 5. The van der Waals surface area contributed by atoms with Gasteiger partial charge in [0, 0.05) is 26.6 Å². The van der Waals surface area contributed by atoms with Gasteiger partial charge in [-0.3, -0.25) is 9.80 Å². The molecule has 0 saturated carbocycles. The quantitative estimate of drug-likeness (QED) is 0.687. The largest absolute Gasteiger partial charge is 0.329 e. The molecule has 0 unspecified atom stereocenters. The van der Waals surface area contributed by atoms with Crippen molar-refractivity contribution < 1.29 is 13.2 Å². The summed E-state index contributed by atoms with van der Waals surface area (Å²) >= 11 is 0. The molecule has 1 amide bonds. The third-order valence-corrected chi connectivity index (χ3v) is 5.57. The molecule has 0 aromatic carbocycles. The maximum atomic E-state index is 11.9. The van der Waals surface area contributed by atoms with Crippen LogP contribution in [0.2, 0.25) is 0 Å². The van der Waals surface area contributed by atoms with Crippen molar-refractivity contribution in [1.29, 1.82) is 0 Å². The molecule has 0 aromatic rings. The fourth-order valence-electron chi connectivity index (χ4n) is 2.73. The fourth-order valence-corrected chi connectivity index (χ4v) is 4.31. The van der Waals surface area contributed by atoms with E-state index in [9.17, 15) is 13.2 Å². The lowest BCUT2D eigenvalue weighted by molar-refractivity contribution is -0.138. The molecule has 6 nitrogen and oxygen atoms in total. The molecule has 2 N–H and O–H groups in total. The first-order valence-electron chi connectivity index (χ1n) is 5.85. The molecule has 0 atom stereocenters. The van der Waals surface area contributed by atoms with Crippen molar-refractivity contribution in [1.82, 2.24) is 10.0 Å². The van der Waals surface area contributed by atoms with Gasteiger partial charge < -0.3 is 5.73 Å². The molecule has 2 saturated heterocycles. The predicted molar refractivity (Wildman–Crippen MR) is 63.8 cm³/mol. The Bertz CT molecular complexity index is 407. The number of carbonyl (C=O) groups excluding carboxylic acids is 1. The highest BCUT2D eigenvalue weighted by Gasteiger charge is 2.50. The number of nitrogens with two attached hydrogens (primary N) is 1. The van der Waals surface area contributed by atoms with Crippen LogP contribution in [0.1, 0.15) is 19.3 Å². The Morgan fingerprint density at radius 1 is 1.35 bits per heavy atom. The minimum atomic E-state index is -2.90. The van der Waals surface area contributed by atoms with Crippen molar-refractivity contribution in [3.63, 3.8) is 0 Å². The molecule has 0 bridgehead atoms. The van der Waals surface area contributed by atoms with Gasteiger partial charge in [0.2, 0.25) is 5.91 Å². The second-order valence-corrected chi connectivity index (χ2v) is 7.19. The lowest BCUT2D eigenvalue weighted by Crippen LogP contribution is -2.52. The summed E-state index contributed by atoms with van der Waals surface area (Å²) in [5, 5.41) is 3.56. The molecule has 1 spiro atoms. The SMILES string of the molecule is CN1N(CCN)C(=O)CC12CCS(=O)(=O)CC2. The normalized spacial score (nSPS) is 27.9. The molecule has 98 valence electrons. The van der Waals surface area contributed by atoms with Crippen molar-refractivity contribution in [3.8, 4) is 0 Å². The maximum absolute atomic E-state index is 11.9. The van der Waals surface area contributed by atoms with E-state index < -0.39 is 9.84 Å². The minimum absolute atomic E-state index is 0.0530. The summed E-state index contributed by atoms with van der Waals surface area (Å²) < 4.78 is 22.9. The van der Waals surface area contributed by atoms with Crippen molar-refractivity contribution in [2.24, 2.45) is 5.73 Å². The molecular weight excluding hydrogens is 242 g/mol.